The van der Waals surface area contributed by atoms with E-state index in [1.807, 2.05) is 0 Å². The lowest BCUT2D eigenvalue weighted by Gasteiger charge is -2.26. The molecule has 1 heterocycles. The predicted octanol–water partition coefficient (Wildman–Crippen LogP) is 2.44. The van der Waals surface area contributed by atoms with E-state index in [1.165, 1.54) is 24.8 Å². The molecule has 14 heavy (non-hydrogen) atoms. The van der Waals surface area contributed by atoms with Crippen LogP contribution in [-0.2, 0) is 9.53 Å². The zero-order valence-corrected chi connectivity index (χ0v) is 8.42. The molecule has 1 aliphatic heterocycles. The van der Waals surface area contributed by atoms with Crippen molar-refractivity contribution in [2.45, 2.75) is 38.5 Å². The molecule has 0 aromatic rings. The van der Waals surface area contributed by atoms with Gasteiger partial charge in [0.1, 0.15) is 0 Å². The number of carbonyl (C=O) groups excluding carboxylic acids is 1. The van der Waals surface area contributed by atoms with Crippen molar-refractivity contribution in [3.05, 3.63) is 11.3 Å². The van der Waals surface area contributed by atoms with E-state index in [9.17, 15) is 4.79 Å². The third-order valence-electron chi connectivity index (χ3n) is 3.90. The molecule has 1 saturated carbocycles. The average Bonchev–Trinajstić information content (AvgIpc) is 2.55. The van der Waals surface area contributed by atoms with Crippen LogP contribution >= 0.6 is 0 Å². The number of ketones is 1. The van der Waals surface area contributed by atoms with Crippen LogP contribution in [0.4, 0.5) is 0 Å². The molecular formula is C12H16O2. The van der Waals surface area contributed by atoms with E-state index >= 15 is 0 Å². The van der Waals surface area contributed by atoms with Gasteiger partial charge in [0.25, 0.3) is 0 Å². The Bertz CT molecular complexity index is 303. The molecule has 0 spiro atoms. The minimum absolute atomic E-state index is 0.298. The van der Waals surface area contributed by atoms with Gasteiger partial charge in [0.2, 0.25) is 5.78 Å². The maximum Gasteiger partial charge on any atom is 0.200 e. The van der Waals surface area contributed by atoms with Crippen LogP contribution in [0, 0.1) is 11.8 Å². The second kappa shape index (κ2) is 3.11. The van der Waals surface area contributed by atoms with Crippen LogP contribution in [0.3, 0.4) is 0 Å². The molecule has 3 rings (SSSR count). The highest BCUT2D eigenvalue weighted by molar-refractivity contribution is 5.99. The molecule has 0 N–H and O–H groups in total. The molecule has 76 valence electrons. The first-order valence-corrected chi connectivity index (χ1v) is 5.78. The fourth-order valence-corrected chi connectivity index (χ4v) is 3.26. The Morgan fingerprint density at radius 1 is 1.07 bits per heavy atom. The first-order valence-electron chi connectivity index (χ1n) is 5.78. The monoisotopic (exact) mass is 192 g/mol. The summed E-state index contributed by atoms with van der Waals surface area (Å²) in [6, 6.07) is 0. The number of ether oxygens (including phenoxy) is 1. The molecule has 0 bridgehead atoms. The van der Waals surface area contributed by atoms with Gasteiger partial charge < -0.3 is 4.74 Å². The number of hydrogen-bond donors (Lipinski definition) is 0. The van der Waals surface area contributed by atoms with Crippen LogP contribution in [-0.4, -0.2) is 12.4 Å². The Morgan fingerprint density at radius 2 is 1.86 bits per heavy atom. The fourth-order valence-electron chi connectivity index (χ4n) is 3.26. The molecule has 2 nitrogen and oxygen atoms in total. The highest BCUT2D eigenvalue weighted by Gasteiger charge is 2.44. The van der Waals surface area contributed by atoms with E-state index in [0.717, 1.165) is 31.6 Å². The predicted molar refractivity (Wildman–Crippen MR) is 52.7 cm³/mol. The number of carbonyl (C=O) groups is 1. The summed E-state index contributed by atoms with van der Waals surface area (Å²) in [5.41, 5.74) is 1.37. The zero-order valence-electron chi connectivity index (χ0n) is 8.42. The van der Waals surface area contributed by atoms with Crippen molar-refractivity contribution in [1.29, 1.82) is 0 Å². The van der Waals surface area contributed by atoms with E-state index in [4.69, 9.17) is 4.74 Å². The van der Waals surface area contributed by atoms with E-state index < -0.39 is 0 Å². The lowest BCUT2D eigenvalue weighted by Crippen LogP contribution is -2.21. The summed E-state index contributed by atoms with van der Waals surface area (Å²) in [4.78, 5) is 12.0. The second-order valence-electron chi connectivity index (χ2n) is 4.67. The summed E-state index contributed by atoms with van der Waals surface area (Å²) in [5.74, 6) is 1.95. The van der Waals surface area contributed by atoms with Crippen molar-refractivity contribution in [2.24, 2.45) is 11.8 Å². The third-order valence-corrected chi connectivity index (χ3v) is 3.90. The van der Waals surface area contributed by atoms with Gasteiger partial charge in [-0.25, -0.2) is 0 Å². The third kappa shape index (κ3) is 1.06. The molecule has 0 saturated heterocycles. The van der Waals surface area contributed by atoms with E-state index in [2.05, 4.69) is 0 Å². The first kappa shape index (κ1) is 8.51. The minimum atomic E-state index is 0.298. The Hall–Kier alpha value is -0.790. The van der Waals surface area contributed by atoms with Gasteiger partial charge in [0.05, 0.1) is 6.61 Å². The first-order chi connectivity index (χ1) is 6.88. The molecule has 2 heteroatoms. The number of Topliss-reactive ketones (excluding diaryl/α,β-unsaturated/α-hetero) is 1. The number of allylic oxidation sites excluding steroid dienone is 2. The van der Waals surface area contributed by atoms with Crippen molar-refractivity contribution in [1.82, 2.24) is 0 Å². The van der Waals surface area contributed by atoms with Crippen LogP contribution in [0.1, 0.15) is 38.5 Å². The van der Waals surface area contributed by atoms with Gasteiger partial charge in [-0.3, -0.25) is 4.79 Å². The molecule has 0 amide bonds. The largest absolute Gasteiger partial charge is 0.490 e. The highest BCUT2D eigenvalue weighted by Crippen LogP contribution is 2.46. The minimum Gasteiger partial charge on any atom is -0.490 e. The molecule has 3 aliphatic rings. The topological polar surface area (TPSA) is 26.3 Å². The summed E-state index contributed by atoms with van der Waals surface area (Å²) in [6.07, 6.45) is 7.06. The van der Waals surface area contributed by atoms with Crippen molar-refractivity contribution in [3.63, 3.8) is 0 Å². The van der Waals surface area contributed by atoms with Gasteiger partial charge in [-0.15, -0.1) is 0 Å². The summed E-state index contributed by atoms with van der Waals surface area (Å²) in [6.45, 7) is 0.754. The van der Waals surface area contributed by atoms with E-state index in [-0.39, 0.29) is 0 Å². The lowest BCUT2D eigenvalue weighted by atomic mass is 9.77. The normalized spacial score (nSPS) is 36.4. The molecule has 0 aromatic carbocycles. The molecule has 0 radical (unpaired) electrons. The Morgan fingerprint density at radius 3 is 2.71 bits per heavy atom. The number of hydrogen-bond acceptors (Lipinski definition) is 2. The smallest absolute Gasteiger partial charge is 0.200 e. The fraction of sp³-hybridized carbons (Fsp3) is 0.750. The van der Waals surface area contributed by atoms with Gasteiger partial charge in [-0.2, -0.15) is 0 Å². The van der Waals surface area contributed by atoms with Gasteiger partial charge >= 0.3 is 0 Å². The van der Waals surface area contributed by atoms with Gasteiger partial charge in [0.15, 0.2) is 5.76 Å². The summed E-state index contributed by atoms with van der Waals surface area (Å²) >= 11 is 0. The van der Waals surface area contributed by atoms with Crippen LogP contribution in [0.2, 0.25) is 0 Å². The molecule has 2 aliphatic carbocycles. The molecule has 0 unspecified atom stereocenters. The maximum absolute atomic E-state index is 12.0. The molecule has 2 atom stereocenters. The van der Waals surface area contributed by atoms with Gasteiger partial charge in [-0.05, 0) is 37.2 Å². The summed E-state index contributed by atoms with van der Waals surface area (Å²) < 4.78 is 5.54. The van der Waals surface area contributed by atoms with Crippen molar-refractivity contribution < 1.29 is 9.53 Å². The van der Waals surface area contributed by atoms with Crippen molar-refractivity contribution in [3.8, 4) is 0 Å². The molecule has 1 fully saturated rings. The molecule has 0 aromatic heterocycles. The van der Waals surface area contributed by atoms with Gasteiger partial charge in [-0.1, -0.05) is 12.8 Å². The second-order valence-corrected chi connectivity index (χ2v) is 4.67. The lowest BCUT2D eigenvalue weighted by molar-refractivity contribution is -0.122. The Labute approximate surface area is 84.3 Å². The van der Waals surface area contributed by atoms with E-state index in [1.54, 1.807) is 0 Å². The molecular weight excluding hydrogens is 176 g/mol. The Kier molecular flexibility index (Phi) is 1.89. The Balaban J connectivity index is 1.96. The maximum atomic E-state index is 12.0. The summed E-state index contributed by atoms with van der Waals surface area (Å²) in [5, 5.41) is 0. The quantitative estimate of drug-likeness (QED) is 0.589. The highest BCUT2D eigenvalue weighted by atomic mass is 16.5. The van der Waals surface area contributed by atoms with Crippen molar-refractivity contribution >= 4 is 5.78 Å². The summed E-state index contributed by atoms with van der Waals surface area (Å²) in [7, 11) is 0. The van der Waals surface area contributed by atoms with E-state index in [0.29, 0.717) is 17.6 Å². The number of rotatable bonds is 0. The van der Waals surface area contributed by atoms with Crippen LogP contribution in [0.5, 0.6) is 0 Å². The standard InChI is InChI=1S/C12H16O2/c13-11-9-5-2-1-4-8(9)10-6-3-7-14-12(10)11/h8-9H,1-7H2/t8-,9-/m1/s1. The number of fused-ring (bicyclic) bond motifs is 2. The zero-order chi connectivity index (χ0) is 9.54. The van der Waals surface area contributed by atoms with Crippen LogP contribution in [0.15, 0.2) is 11.3 Å². The van der Waals surface area contributed by atoms with Gasteiger partial charge in [0, 0.05) is 5.92 Å². The van der Waals surface area contributed by atoms with Crippen LogP contribution in [0.25, 0.3) is 0 Å². The SMILES string of the molecule is O=C1C2=C(CCCO2)[C@@H]2CCCC[C@@H]12. The average molecular weight is 192 g/mol. The van der Waals surface area contributed by atoms with Crippen LogP contribution < -0.4 is 0 Å². The van der Waals surface area contributed by atoms with Crippen molar-refractivity contribution in [2.75, 3.05) is 6.61 Å².